The molecular weight excluding hydrogens is 366 g/mol. The van der Waals surface area contributed by atoms with Crippen LogP contribution in [0.5, 0.6) is 11.5 Å². The molecule has 29 heavy (non-hydrogen) atoms. The second-order valence-electron chi connectivity index (χ2n) is 8.72. The van der Waals surface area contributed by atoms with Crippen molar-refractivity contribution in [3.05, 3.63) is 53.3 Å². The van der Waals surface area contributed by atoms with Crippen LogP contribution in [0.2, 0.25) is 0 Å². The van der Waals surface area contributed by atoms with Gasteiger partial charge in [0, 0.05) is 30.9 Å². The van der Waals surface area contributed by atoms with Crippen LogP contribution < -0.4 is 9.47 Å². The highest BCUT2D eigenvalue weighted by Gasteiger charge is 2.54. The first-order chi connectivity index (χ1) is 14.2. The SMILES string of the molecule is Cc1ccncc1C(=O)N1C[C@@H](c2ccc3c(c2)OCO3)[C@@H]2[C@H]1C1CCN2CC1. The van der Waals surface area contributed by atoms with Crippen LogP contribution in [-0.4, -0.2) is 59.2 Å². The molecule has 5 aliphatic heterocycles. The van der Waals surface area contributed by atoms with E-state index in [4.69, 9.17) is 9.47 Å². The van der Waals surface area contributed by atoms with Crippen molar-refractivity contribution in [3.8, 4) is 11.5 Å². The number of hydrogen-bond acceptors (Lipinski definition) is 5. The van der Waals surface area contributed by atoms with Gasteiger partial charge in [0.2, 0.25) is 6.79 Å². The number of piperidine rings is 3. The van der Waals surface area contributed by atoms with Gasteiger partial charge in [-0.3, -0.25) is 14.7 Å². The van der Waals surface area contributed by atoms with Gasteiger partial charge in [-0.15, -0.1) is 0 Å². The molecular formula is C23H25N3O3. The molecule has 0 N–H and O–H groups in total. The number of aromatic nitrogens is 1. The number of fused-ring (bicyclic) bond motifs is 3. The molecule has 0 unspecified atom stereocenters. The monoisotopic (exact) mass is 391 g/mol. The summed E-state index contributed by atoms with van der Waals surface area (Å²) in [5.74, 6) is 2.64. The summed E-state index contributed by atoms with van der Waals surface area (Å²) in [5, 5.41) is 0. The van der Waals surface area contributed by atoms with Crippen molar-refractivity contribution < 1.29 is 14.3 Å². The van der Waals surface area contributed by atoms with Gasteiger partial charge in [-0.05, 0) is 68.1 Å². The van der Waals surface area contributed by atoms with Gasteiger partial charge >= 0.3 is 0 Å². The number of carbonyl (C=O) groups is 1. The number of aryl methyl sites for hydroxylation is 1. The Kier molecular flexibility index (Phi) is 3.85. The van der Waals surface area contributed by atoms with Gasteiger partial charge in [0.1, 0.15) is 0 Å². The molecule has 6 heteroatoms. The second kappa shape index (κ2) is 6.46. The van der Waals surface area contributed by atoms with Gasteiger partial charge in [-0.2, -0.15) is 0 Å². The Balaban J connectivity index is 1.39. The number of carbonyl (C=O) groups excluding carboxylic acids is 1. The summed E-state index contributed by atoms with van der Waals surface area (Å²) in [7, 11) is 0. The topological polar surface area (TPSA) is 54.9 Å². The fourth-order valence-electron chi connectivity index (χ4n) is 5.93. The zero-order chi connectivity index (χ0) is 19.5. The van der Waals surface area contributed by atoms with E-state index in [1.165, 1.54) is 18.4 Å². The first kappa shape index (κ1) is 17.3. The van der Waals surface area contributed by atoms with E-state index in [2.05, 4.69) is 26.9 Å². The predicted molar refractivity (Wildman–Crippen MR) is 107 cm³/mol. The number of pyridine rings is 1. The number of hydrogen-bond donors (Lipinski definition) is 0. The molecule has 0 aliphatic carbocycles. The van der Waals surface area contributed by atoms with Crippen LogP contribution >= 0.6 is 0 Å². The smallest absolute Gasteiger partial charge is 0.256 e. The van der Waals surface area contributed by atoms with E-state index >= 15 is 0 Å². The summed E-state index contributed by atoms with van der Waals surface area (Å²) >= 11 is 0. The van der Waals surface area contributed by atoms with Crippen LogP contribution in [0.3, 0.4) is 0 Å². The Labute approximate surface area is 170 Å². The molecule has 0 saturated carbocycles. The Morgan fingerprint density at radius 3 is 2.76 bits per heavy atom. The minimum absolute atomic E-state index is 0.127. The zero-order valence-corrected chi connectivity index (χ0v) is 16.6. The molecule has 6 nitrogen and oxygen atoms in total. The molecule has 1 aromatic carbocycles. The number of likely N-dealkylation sites (tertiary alicyclic amines) is 1. The Bertz CT molecular complexity index is 970. The van der Waals surface area contributed by atoms with Crippen molar-refractivity contribution in [2.45, 2.75) is 37.8 Å². The number of ether oxygens (including phenoxy) is 2. The number of benzene rings is 1. The molecule has 4 saturated heterocycles. The van der Waals surface area contributed by atoms with E-state index in [-0.39, 0.29) is 18.7 Å². The normalized spacial score (nSPS) is 31.8. The lowest BCUT2D eigenvalue weighted by molar-refractivity contribution is -0.00345. The average molecular weight is 391 g/mol. The summed E-state index contributed by atoms with van der Waals surface area (Å²) < 4.78 is 11.1. The van der Waals surface area contributed by atoms with Crippen LogP contribution in [0, 0.1) is 12.8 Å². The zero-order valence-electron chi connectivity index (χ0n) is 16.6. The fourth-order valence-corrected chi connectivity index (χ4v) is 5.93. The van der Waals surface area contributed by atoms with Gasteiger partial charge in [0.05, 0.1) is 11.6 Å². The fraction of sp³-hybridized carbons (Fsp3) is 0.478. The van der Waals surface area contributed by atoms with Crippen LogP contribution in [0.4, 0.5) is 0 Å². The van der Waals surface area contributed by atoms with Crippen molar-refractivity contribution in [1.82, 2.24) is 14.8 Å². The molecule has 6 heterocycles. The largest absolute Gasteiger partial charge is 0.454 e. The van der Waals surface area contributed by atoms with Crippen LogP contribution in [0.25, 0.3) is 0 Å². The second-order valence-corrected chi connectivity index (χ2v) is 8.72. The molecule has 0 radical (unpaired) electrons. The van der Waals surface area contributed by atoms with Crippen molar-refractivity contribution in [2.24, 2.45) is 5.92 Å². The van der Waals surface area contributed by atoms with E-state index in [1.54, 1.807) is 12.4 Å². The number of rotatable bonds is 2. The van der Waals surface area contributed by atoms with Crippen molar-refractivity contribution in [2.75, 3.05) is 26.4 Å². The number of nitrogens with zero attached hydrogens (tertiary/aromatic N) is 3. The minimum Gasteiger partial charge on any atom is -0.454 e. The first-order valence-electron chi connectivity index (χ1n) is 10.6. The predicted octanol–water partition coefficient (Wildman–Crippen LogP) is 2.82. The van der Waals surface area contributed by atoms with Crippen LogP contribution in [0.15, 0.2) is 36.7 Å². The van der Waals surface area contributed by atoms with Gasteiger partial charge in [-0.1, -0.05) is 6.07 Å². The molecule has 1 amide bonds. The van der Waals surface area contributed by atoms with E-state index in [0.29, 0.717) is 17.9 Å². The lowest BCUT2D eigenvalue weighted by Gasteiger charge is -2.51. The Hall–Kier alpha value is -2.60. The molecule has 7 rings (SSSR count). The van der Waals surface area contributed by atoms with Crippen LogP contribution in [-0.2, 0) is 0 Å². The Morgan fingerprint density at radius 2 is 1.93 bits per heavy atom. The molecule has 2 bridgehead atoms. The maximum atomic E-state index is 13.6. The summed E-state index contributed by atoms with van der Waals surface area (Å²) in [4.78, 5) is 22.6. The summed E-state index contributed by atoms with van der Waals surface area (Å²) in [6.07, 6.45) is 5.85. The molecule has 150 valence electrons. The lowest BCUT2D eigenvalue weighted by atomic mass is 9.75. The summed E-state index contributed by atoms with van der Waals surface area (Å²) in [6, 6.07) is 8.87. The van der Waals surface area contributed by atoms with E-state index in [0.717, 1.165) is 42.3 Å². The van der Waals surface area contributed by atoms with Crippen molar-refractivity contribution >= 4 is 5.91 Å². The average Bonchev–Trinajstić information content (AvgIpc) is 3.40. The standard InChI is InChI=1S/C23H25N3O3/c1-14-4-7-24-11-17(14)23(27)26-12-18(16-2-3-19-20(10-16)29-13-28-19)22-21(26)15-5-8-25(22)9-6-15/h2-4,7,10-11,15,18,21-22H,5-6,8-9,12-13H2,1H3/t18-,21+,22+/m0/s1. The van der Waals surface area contributed by atoms with Crippen molar-refractivity contribution in [3.63, 3.8) is 0 Å². The first-order valence-corrected chi connectivity index (χ1v) is 10.6. The van der Waals surface area contributed by atoms with Crippen molar-refractivity contribution in [1.29, 1.82) is 0 Å². The van der Waals surface area contributed by atoms with E-state index in [1.807, 2.05) is 19.1 Å². The highest BCUT2D eigenvalue weighted by atomic mass is 16.7. The highest BCUT2D eigenvalue weighted by molar-refractivity contribution is 5.96. The Morgan fingerprint density at radius 1 is 1.10 bits per heavy atom. The molecule has 5 aliphatic rings. The number of amides is 1. The lowest BCUT2D eigenvalue weighted by Crippen LogP contribution is -2.60. The summed E-state index contributed by atoms with van der Waals surface area (Å²) in [6.45, 7) is 5.31. The van der Waals surface area contributed by atoms with Gasteiger partial charge in [0.25, 0.3) is 5.91 Å². The third kappa shape index (κ3) is 2.58. The van der Waals surface area contributed by atoms with Gasteiger partial charge in [0.15, 0.2) is 11.5 Å². The van der Waals surface area contributed by atoms with Crippen LogP contribution in [0.1, 0.15) is 40.2 Å². The minimum atomic E-state index is 0.127. The molecule has 3 atom stereocenters. The third-order valence-corrected chi connectivity index (χ3v) is 7.35. The van der Waals surface area contributed by atoms with Gasteiger partial charge < -0.3 is 14.4 Å². The van der Waals surface area contributed by atoms with E-state index in [9.17, 15) is 4.79 Å². The third-order valence-electron chi connectivity index (χ3n) is 7.35. The molecule has 1 aromatic heterocycles. The maximum Gasteiger partial charge on any atom is 0.256 e. The molecule has 4 fully saturated rings. The maximum absolute atomic E-state index is 13.6. The van der Waals surface area contributed by atoms with Gasteiger partial charge in [-0.25, -0.2) is 0 Å². The molecule has 2 aromatic rings. The van der Waals surface area contributed by atoms with E-state index < -0.39 is 0 Å². The highest BCUT2D eigenvalue weighted by Crippen LogP contribution is 2.48. The quantitative estimate of drug-likeness (QED) is 0.788. The molecule has 0 spiro atoms. The summed E-state index contributed by atoms with van der Waals surface area (Å²) in [5.41, 5.74) is 2.97.